The first kappa shape index (κ1) is 9.88. The number of hydrogen-bond donors (Lipinski definition) is 0. The summed E-state index contributed by atoms with van der Waals surface area (Å²) in [6, 6.07) is 7.38. The van der Waals surface area contributed by atoms with Crippen molar-refractivity contribution in [3.8, 4) is 0 Å². The second-order valence-corrected chi connectivity index (χ2v) is 4.47. The predicted octanol–water partition coefficient (Wildman–Crippen LogP) is 4.36. The molecule has 0 aliphatic heterocycles. The van der Waals surface area contributed by atoms with Gasteiger partial charge in [0, 0.05) is 16.3 Å². The molecule has 3 heteroatoms. The maximum Gasteiger partial charge on any atom is 0.186 e. The zero-order chi connectivity index (χ0) is 11.3. The Bertz CT molecular complexity index is 657. The van der Waals surface area contributed by atoms with E-state index < -0.39 is 0 Å². The molecule has 1 aliphatic carbocycles. The topological polar surface area (TPSA) is 17.1 Å². The smallest absolute Gasteiger partial charge is 0.186 e. The Morgan fingerprint density at radius 3 is 2.69 bits per heavy atom. The van der Waals surface area contributed by atoms with E-state index in [9.17, 15) is 4.79 Å². The van der Waals surface area contributed by atoms with E-state index in [1.54, 1.807) is 12.1 Å². The van der Waals surface area contributed by atoms with Crippen LogP contribution in [0, 0.1) is 0 Å². The number of ketones is 1. The van der Waals surface area contributed by atoms with Crippen molar-refractivity contribution in [2.24, 2.45) is 0 Å². The Labute approximate surface area is 102 Å². The van der Waals surface area contributed by atoms with Crippen LogP contribution >= 0.6 is 23.2 Å². The summed E-state index contributed by atoms with van der Waals surface area (Å²) < 4.78 is 0. The van der Waals surface area contributed by atoms with Crippen molar-refractivity contribution in [3.63, 3.8) is 0 Å². The number of halogens is 2. The summed E-state index contributed by atoms with van der Waals surface area (Å²) in [5.74, 6) is -0.0257. The summed E-state index contributed by atoms with van der Waals surface area (Å²) in [7, 11) is 0. The van der Waals surface area contributed by atoms with Gasteiger partial charge in [-0.2, -0.15) is 0 Å². The third-order valence-electron chi connectivity index (χ3n) is 2.76. The van der Waals surface area contributed by atoms with E-state index in [0.717, 1.165) is 16.3 Å². The molecule has 0 atom stereocenters. The summed E-state index contributed by atoms with van der Waals surface area (Å²) >= 11 is 12.1. The SMILES string of the molecule is O=C1C=Cc2cccc3c(Cl)c(Cl)cc1c23. The van der Waals surface area contributed by atoms with E-state index in [2.05, 4.69) is 0 Å². The standard InChI is InChI=1S/C13H6Cl2O/c14-10-6-9-11(16)5-4-7-2-1-3-8(12(7)9)13(10)15/h1-6H. The Morgan fingerprint density at radius 1 is 1.06 bits per heavy atom. The largest absolute Gasteiger partial charge is 0.289 e. The van der Waals surface area contributed by atoms with Crippen molar-refractivity contribution < 1.29 is 4.79 Å². The first-order valence-corrected chi connectivity index (χ1v) is 5.57. The van der Waals surface area contributed by atoms with Gasteiger partial charge in [0.25, 0.3) is 0 Å². The normalized spacial score (nSPS) is 13.5. The molecule has 0 radical (unpaired) electrons. The van der Waals surface area contributed by atoms with Crippen LogP contribution in [0.2, 0.25) is 10.0 Å². The van der Waals surface area contributed by atoms with Gasteiger partial charge in [0.2, 0.25) is 0 Å². The lowest BCUT2D eigenvalue weighted by molar-refractivity contribution is 0.104. The molecular formula is C13H6Cl2O. The minimum atomic E-state index is -0.0257. The number of hydrogen-bond acceptors (Lipinski definition) is 1. The number of rotatable bonds is 0. The Hall–Kier alpha value is -1.31. The van der Waals surface area contributed by atoms with E-state index in [0.29, 0.717) is 15.6 Å². The van der Waals surface area contributed by atoms with Crippen molar-refractivity contribution in [2.45, 2.75) is 0 Å². The summed E-state index contributed by atoms with van der Waals surface area (Å²) in [5, 5.41) is 2.65. The van der Waals surface area contributed by atoms with Crippen molar-refractivity contribution in [1.82, 2.24) is 0 Å². The Balaban J connectivity index is 2.60. The molecule has 0 heterocycles. The molecule has 78 valence electrons. The van der Waals surface area contributed by atoms with Crippen LogP contribution in [0.3, 0.4) is 0 Å². The van der Waals surface area contributed by atoms with Crippen molar-refractivity contribution in [1.29, 1.82) is 0 Å². The Kier molecular flexibility index (Phi) is 2.06. The lowest BCUT2D eigenvalue weighted by Gasteiger charge is -2.13. The highest BCUT2D eigenvalue weighted by Gasteiger charge is 2.18. The predicted molar refractivity (Wildman–Crippen MR) is 67.3 cm³/mol. The number of carbonyl (C=O) groups is 1. The van der Waals surface area contributed by atoms with Crippen molar-refractivity contribution in [3.05, 3.63) is 51.5 Å². The molecule has 0 aromatic heterocycles. The lowest BCUT2D eigenvalue weighted by atomic mass is 9.92. The molecule has 2 aromatic rings. The monoisotopic (exact) mass is 248 g/mol. The molecule has 0 unspecified atom stereocenters. The number of allylic oxidation sites excluding steroid dienone is 1. The van der Waals surface area contributed by atoms with Crippen LogP contribution in [0.25, 0.3) is 16.8 Å². The summed E-state index contributed by atoms with van der Waals surface area (Å²) in [6.45, 7) is 0. The molecule has 3 rings (SSSR count). The van der Waals surface area contributed by atoms with E-state index >= 15 is 0 Å². The first-order chi connectivity index (χ1) is 7.68. The molecule has 0 saturated carbocycles. The molecule has 0 spiro atoms. The van der Waals surface area contributed by atoms with Gasteiger partial charge in [-0.25, -0.2) is 0 Å². The fourth-order valence-corrected chi connectivity index (χ4v) is 2.46. The molecule has 2 aromatic carbocycles. The minimum absolute atomic E-state index is 0.0257. The highest BCUT2D eigenvalue weighted by Crippen LogP contribution is 2.37. The van der Waals surface area contributed by atoms with Gasteiger partial charge in [0.15, 0.2) is 5.78 Å². The molecule has 16 heavy (non-hydrogen) atoms. The third kappa shape index (κ3) is 1.22. The van der Waals surface area contributed by atoms with Gasteiger partial charge >= 0.3 is 0 Å². The lowest BCUT2D eigenvalue weighted by Crippen LogP contribution is -2.01. The molecule has 1 nitrogen and oxygen atoms in total. The van der Waals surface area contributed by atoms with Gasteiger partial charge < -0.3 is 0 Å². The van der Waals surface area contributed by atoms with Crippen LogP contribution in [-0.2, 0) is 0 Å². The van der Waals surface area contributed by atoms with Gasteiger partial charge in [0.1, 0.15) is 0 Å². The van der Waals surface area contributed by atoms with E-state index in [4.69, 9.17) is 23.2 Å². The van der Waals surface area contributed by atoms with Crippen LogP contribution in [0.4, 0.5) is 0 Å². The van der Waals surface area contributed by atoms with Crippen LogP contribution in [0.5, 0.6) is 0 Å². The van der Waals surface area contributed by atoms with E-state index in [1.165, 1.54) is 0 Å². The molecular weight excluding hydrogens is 243 g/mol. The molecule has 1 aliphatic rings. The summed E-state index contributed by atoms with van der Waals surface area (Å²) in [6.07, 6.45) is 3.36. The van der Waals surface area contributed by atoms with Crippen molar-refractivity contribution in [2.75, 3.05) is 0 Å². The highest BCUT2D eigenvalue weighted by molar-refractivity contribution is 6.46. The second kappa shape index (κ2) is 3.34. The Morgan fingerprint density at radius 2 is 1.88 bits per heavy atom. The zero-order valence-electron chi connectivity index (χ0n) is 8.13. The van der Waals surface area contributed by atoms with Gasteiger partial charge in [-0.05, 0) is 17.7 Å². The molecule has 0 amide bonds. The summed E-state index contributed by atoms with van der Waals surface area (Å²) in [5.41, 5.74) is 1.63. The summed E-state index contributed by atoms with van der Waals surface area (Å²) in [4.78, 5) is 11.7. The van der Waals surface area contributed by atoms with Crippen molar-refractivity contribution >= 4 is 45.8 Å². The van der Waals surface area contributed by atoms with Gasteiger partial charge in [0.05, 0.1) is 10.0 Å². The quantitative estimate of drug-likeness (QED) is 0.678. The fourth-order valence-electron chi connectivity index (χ4n) is 2.03. The third-order valence-corrected chi connectivity index (χ3v) is 3.56. The van der Waals surface area contributed by atoms with E-state index in [1.807, 2.05) is 24.3 Å². The average Bonchev–Trinajstić information content (AvgIpc) is 2.29. The van der Waals surface area contributed by atoms with Gasteiger partial charge in [-0.3, -0.25) is 4.79 Å². The van der Waals surface area contributed by atoms with E-state index in [-0.39, 0.29) is 5.78 Å². The average molecular weight is 249 g/mol. The fraction of sp³-hybridized carbons (Fsp3) is 0. The number of carbonyl (C=O) groups excluding carboxylic acids is 1. The zero-order valence-corrected chi connectivity index (χ0v) is 9.64. The van der Waals surface area contributed by atoms with Crippen LogP contribution in [0.1, 0.15) is 15.9 Å². The minimum Gasteiger partial charge on any atom is -0.289 e. The number of benzene rings is 2. The molecule has 0 saturated heterocycles. The van der Waals surface area contributed by atoms with Crippen LogP contribution < -0.4 is 0 Å². The maximum absolute atomic E-state index is 11.7. The molecule has 0 bridgehead atoms. The molecule has 0 fully saturated rings. The highest BCUT2D eigenvalue weighted by atomic mass is 35.5. The van der Waals surface area contributed by atoms with Gasteiger partial charge in [-0.1, -0.05) is 47.5 Å². The van der Waals surface area contributed by atoms with Crippen LogP contribution in [-0.4, -0.2) is 5.78 Å². The van der Waals surface area contributed by atoms with Crippen LogP contribution in [0.15, 0.2) is 30.3 Å². The first-order valence-electron chi connectivity index (χ1n) is 4.81. The van der Waals surface area contributed by atoms with Gasteiger partial charge in [-0.15, -0.1) is 0 Å². The maximum atomic E-state index is 11.7. The molecule has 0 N–H and O–H groups in total. The second-order valence-electron chi connectivity index (χ2n) is 3.69.